The molecule has 0 saturated carbocycles. The minimum Gasteiger partial charge on any atom is -0.391 e. The molecule has 0 amide bonds. The fourth-order valence-corrected chi connectivity index (χ4v) is 1.04. The van der Waals surface area contributed by atoms with Gasteiger partial charge in [0.1, 0.15) is 5.69 Å². The standard InChI is InChI=1S/C9H11F3N2O/c1-5(15)8(13)6-3-2-4-7(14-6)9(10,11)12/h2-5,8,15H,13H2,1H3/t5-,8-/m0/s1. The fraction of sp³-hybridized carbons (Fsp3) is 0.444. The maximum Gasteiger partial charge on any atom is 0.433 e. The van der Waals surface area contributed by atoms with Crippen LogP contribution in [0.5, 0.6) is 0 Å². The van der Waals surface area contributed by atoms with E-state index < -0.39 is 24.0 Å². The van der Waals surface area contributed by atoms with Crippen molar-refractivity contribution in [1.82, 2.24) is 4.98 Å². The molecule has 1 heterocycles. The summed E-state index contributed by atoms with van der Waals surface area (Å²) in [5, 5.41) is 9.12. The predicted molar refractivity (Wildman–Crippen MR) is 47.8 cm³/mol. The van der Waals surface area contributed by atoms with Crippen molar-refractivity contribution in [2.24, 2.45) is 5.73 Å². The maximum absolute atomic E-state index is 12.3. The monoisotopic (exact) mass is 220 g/mol. The number of halogens is 3. The molecule has 0 aliphatic carbocycles. The van der Waals surface area contributed by atoms with Gasteiger partial charge in [-0.05, 0) is 19.1 Å². The third-order valence-corrected chi connectivity index (χ3v) is 1.92. The molecule has 2 atom stereocenters. The average molecular weight is 220 g/mol. The molecule has 0 bridgehead atoms. The summed E-state index contributed by atoms with van der Waals surface area (Å²) in [5.74, 6) is 0. The molecular formula is C9H11F3N2O. The van der Waals surface area contributed by atoms with E-state index in [-0.39, 0.29) is 5.69 Å². The molecular weight excluding hydrogens is 209 g/mol. The number of rotatable bonds is 2. The Morgan fingerprint density at radius 1 is 1.40 bits per heavy atom. The number of hydrogen-bond donors (Lipinski definition) is 2. The third-order valence-electron chi connectivity index (χ3n) is 1.92. The van der Waals surface area contributed by atoms with Gasteiger partial charge in [-0.2, -0.15) is 13.2 Å². The summed E-state index contributed by atoms with van der Waals surface area (Å²) in [4.78, 5) is 3.36. The van der Waals surface area contributed by atoms with E-state index in [0.29, 0.717) is 0 Å². The van der Waals surface area contributed by atoms with Gasteiger partial charge in [-0.1, -0.05) is 6.07 Å². The summed E-state index contributed by atoms with van der Waals surface area (Å²) < 4.78 is 36.8. The molecule has 0 unspecified atom stereocenters. The molecule has 1 aromatic rings. The Kier molecular flexibility index (Phi) is 3.31. The highest BCUT2D eigenvalue weighted by Crippen LogP contribution is 2.28. The molecule has 0 fully saturated rings. The van der Waals surface area contributed by atoms with Gasteiger partial charge in [0.2, 0.25) is 0 Å². The lowest BCUT2D eigenvalue weighted by Gasteiger charge is -2.15. The van der Waals surface area contributed by atoms with Gasteiger partial charge in [-0.25, -0.2) is 4.98 Å². The second-order valence-electron chi connectivity index (χ2n) is 3.21. The van der Waals surface area contributed by atoms with Gasteiger partial charge in [0.05, 0.1) is 17.8 Å². The van der Waals surface area contributed by atoms with E-state index in [0.717, 1.165) is 6.07 Å². The van der Waals surface area contributed by atoms with Crippen LogP contribution in [-0.2, 0) is 6.18 Å². The van der Waals surface area contributed by atoms with Crippen molar-refractivity contribution in [3.05, 3.63) is 29.6 Å². The molecule has 15 heavy (non-hydrogen) atoms. The van der Waals surface area contributed by atoms with Gasteiger partial charge in [0.15, 0.2) is 0 Å². The number of hydrogen-bond acceptors (Lipinski definition) is 3. The van der Waals surface area contributed by atoms with Crippen molar-refractivity contribution in [1.29, 1.82) is 0 Å². The van der Waals surface area contributed by atoms with Crippen molar-refractivity contribution in [3.8, 4) is 0 Å². The highest BCUT2D eigenvalue weighted by molar-refractivity contribution is 5.16. The Morgan fingerprint density at radius 2 is 2.00 bits per heavy atom. The first-order valence-electron chi connectivity index (χ1n) is 4.30. The van der Waals surface area contributed by atoms with Crippen LogP contribution in [0.25, 0.3) is 0 Å². The molecule has 0 aliphatic heterocycles. The molecule has 84 valence electrons. The molecule has 6 heteroatoms. The van der Waals surface area contributed by atoms with Gasteiger partial charge in [-0.3, -0.25) is 0 Å². The molecule has 0 radical (unpaired) electrons. The second kappa shape index (κ2) is 4.16. The summed E-state index contributed by atoms with van der Waals surface area (Å²) in [6, 6.07) is 2.52. The number of pyridine rings is 1. The number of nitrogens with two attached hydrogens (primary N) is 1. The van der Waals surface area contributed by atoms with Crippen LogP contribution in [0, 0.1) is 0 Å². The quantitative estimate of drug-likeness (QED) is 0.793. The predicted octanol–water partition coefficient (Wildman–Crippen LogP) is 1.48. The zero-order chi connectivity index (χ0) is 11.6. The summed E-state index contributed by atoms with van der Waals surface area (Å²) in [5.41, 5.74) is 4.49. The van der Waals surface area contributed by atoms with Crippen molar-refractivity contribution in [2.45, 2.75) is 25.2 Å². The van der Waals surface area contributed by atoms with Crippen LogP contribution in [0.2, 0.25) is 0 Å². The van der Waals surface area contributed by atoms with Crippen LogP contribution >= 0.6 is 0 Å². The first kappa shape index (κ1) is 11.9. The lowest BCUT2D eigenvalue weighted by Crippen LogP contribution is -2.25. The van der Waals surface area contributed by atoms with E-state index in [1.165, 1.54) is 19.1 Å². The first-order chi connectivity index (χ1) is 6.82. The highest BCUT2D eigenvalue weighted by Gasteiger charge is 2.32. The Morgan fingerprint density at radius 3 is 2.47 bits per heavy atom. The Bertz CT molecular complexity index is 338. The molecule has 1 aromatic heterocycles. The lowest BCUT2D eigenvalue weighted by atomic mass is 10.1. The van der Waals surface area contributed by atoms with Gasteiger partial charge in [0, 0.05) is 0 Å². The largest absolute Gasteiger partial charge is 0.433 e. The number of aromatic nitrogens is 1. The first-order valence-corrected chi connectivity index (χ1v) is 4.30. The van der Waals surface area contributed by atoms with Gasteiger partial charge in [-0.15, -0.1) is 0 Å². The molecule has 3 nitrogen and oxygen atoms in total. The van der Waals surface area contributed by atoms with Crippen molar-refractivity contribution in [2.75, 3.05) is 0 Å². The van der Waals surface area contributed by atoms with Crippen LogP contribution < -0.4 is 5.73 Å². The average Bonchev–Trinajstić information content (AvgIpc) is 2.15. The SMILES string of the molecule is C[C@H](O)[C@H](N)c1cccc(C(F)(F)F)n1. The number of nitrogens with zero attached hydrogens (tertiary/aromatic N) is 1. The van der Waals surface area contributed by atoms with E-state index in [1.807, 2.05) is 0 Å². The fourth-order valence-electron chi connectivity index (χ4n) is 1.04. The zero-order valence-corrected chi connectivity index (χ0v) is 7.99. The number of aliphatic hydroxyl groups excluding tert-OH is 1. The normalized spacial score (nSPS) is 16.1. The van der Waals surface area contributed by atoms with Gasteiger partial charge >= 0.3 is 6.18 Å². The van der Waals surface area contributed by atoms with Crippen molar-refractivity contribution < 1.29 is 18.3 Å². The molecule has 1 rings (SSSR count). The van der Waals surface area contributed by atoms with E-state index in [2.05, 4.69) is 4.98 Å². The van der Waals surface area contributed by atoms with Crippen LogP contribution in [-0.4, -0.2) is 16.2 Å². The minimum absolute atomic E-state index is 0.0276. The smallest absolute Gasteiger partial charge is 0.391 e. The molecule has 0 saturated heterocycles. The van der Waals surface area contributed by atoms with Crippen LogP contribution in [0.3, 0.4) is 0 Å². The summed E-state index contributed by atoms with van der Waals surface area (Å²) >= 11 is 0. The number of aliphatic hydroxyl groups is 1. The Labute approximate surface area is 84.7 Å². The van der Waals surface area contributed by atoms with Gasteiger partial charge < -0.3 is 10.8 Å². The Hall–Kier alpha value is -1.14. The van der Waals surface area contributed by atoms with E-state index >= 15 is 0 Å². The van der Waals surface area contributed by atoms with Crippen LogP contribution in [0.15, 0.2) is 18.2 Å². The second-order valence-corrected chi connectivity index (χ2v) is 3.21. The van der Waals surface area contributed by atoms with Gasteiger partial charge in [0.25, 0.3) is 0 Å². The summed E-state index contributed by atoms with van der Waals surface area (Å²) in [6.07, 6.45) is -5.44. The van der Waals surface area contributed by atoms with E-state index in [1.54, 1.807) is 0 Å². The molecule has 0 aromatic carbocycles. The van der Waals surface area contributed by atoms with Crippen LogP contribution in [0.4, 0.5) is 13.2 Å². The molecule has 3 N–H and O–H groups in total. The minimum atomic E-state index is -4.49. The topological polar surface area (TPSA) is 59.1 Å². The maximum atomic E-state index is 12.3. The summed E-state index contributed by atoms with van der Waals surface area (Å²) in [6.45, 7) is 1.40. The van der Waals surface area contributed by atoms with E-state index in [9.17, 15) is 13.2 Å². The third kappa shape index (κ3) is 2.90. The lowest BCUT2D eigenvalue weighted by molar-refractivity contribution is -0.141. The molecule has 0 aliphatic rings. The summed E-state index contributed by atoms with van der Waals surface area (Å²) in [7, 11) is 0. The van der Waals surface area contributed by atoms with Crippen molar-refractivity contribution in [3.63, 3.8) is 0 Å². The number of alkyl halides is 3. The Balaban J connectivity index is 3.03. The highest BCUT2D eigenvalue weighted by atomic mass is 19.4. The zero-order valence-electron chi connectivity index (χ0n) is 7.99. The van der Waals surface area contributed by atoms with E-state index in [4.69, 9.17) is 10.8 Å². The molecule has 0 spiro atoms. The van der Waals surface area contributed by atoms with Crippen molar-refractivity contribution >= 4 is 0 Å². The van der Waals surface area contributed by atoms with Crippen LogP contribution in [0.1, 0.15) is 24.4 Å².